The van der Waals surface area contributed by atoms with Crippen molar-refractivity contribution in [3.05, 3.63) is 28.2 Å². The Bertz CT molecular complexity index is 456. The number of ether oxygens (including phenoxy) is 1. The molecular weight excluding hydrogens is 328 g/mol. The lowest BCUT2D eigenvalue weighted by Gasteiger charge is -2.37. The predicted octanol–water partition coefficient (Wildman–Crippen LogP) is 4.12. The monoisotopic (exact) mass is 354 g/mol. The number of halogens is 1. The van der Waals surface area contributed by atoms with Crippen LogP contribution in [-0.4, -0.2) is 31.8 Å². The molecule has 1 aliphatic heterocycles. The Morgan fingerprint density at radius 1 is 1.33 bits per heavy atom. The Kier molecular flexibility index (Phi) is 6.08. The molecule has 3 unspecified atom stereocenters. The zero-order valence-electron chi connectivity index (χ0n) is 13.5. The maximum Gasteiger partial charge on any atom is 0.0726 e. The van der Waals surface area contributed by atoms with Crippen molar-refractivity contribution in [3.63, 3.8) is 0 Å². The van der Waals surface area contributed by atoms with Crippen LogP contribution in [0, 0.1) is 0 Å². The number of nitrogens with one attached hydrogen (secondary N) is 1. The van der Waals surface area contributed by atoms with E-state index in [-0.39, 0.29) is 12.2 Å². The first-order chi connectivity index (χ1) is 10.0. The second-order valence-electron chi connectivity index (χ2n) is 6.05. The second-order valence-corrected chi connectivity index (χ2v) is 6.90. The first-order valence-electron chi connectivity index (χ1n) is 7.94. The van der Waals surface area contributed by atoms with Crippen molar-refractivity contribution in [2.75, 3.05) is 24.5 Å². The smallest absolute Gasteiger partial charge is 0.0726 e. The fourth-order valence-electron chi connectivity index (χ4n) is 2.90. The summed E-state index contributed by atoms with van der Waals surface area (Å²) in [6, 6.07) is 7.10. The predicted molar refractivity (Wildman–Crippen MR) is 93.1 cm³/mol. The molecule has 1 aromatic rings. The third-order valence-corrected chi connectivity index (χ3v) is 4.57. The van der Waals surface area contributed by atoms with Gasteiger partial charge in [-0.2, -0.15) is 0 Å². The van der Waals surface area contributed by atoms with E-state index in [1.54, 1.807) is 0 Å². The van der Waals surface area contributed by atoms with E-state index in [9.17, 15) is 0 Å². The number of hydrogen-bond acceptors (Lipinski definition) is 3. The van der Waals surface area contributed by atoms with Gasteiger partial charge in [0.25, 0.3) is 0 Å². The van der Waals surface area contributed by atoms with Gasteiger partial charge in [-0.05, 0) is 67.4 Å². The molecule has 1 fully saturated rings. The van der Waals surface area contributed by atoms with Gasteiger partial charge < -0.3 is 15.0 Å². The van der Waals surface area contributed by atoms with Gasteiger partial charge >= 0.3 is 0 Å². The molecule has 1 aromatic carbocycles. The fraction of sp³-hybridized carbons (Fsp3) is 0.647. The molecule has 3 atom stereocenters. The topological polar surface area (TPSA) is 24.5 Å². The van der Waals surface area contributed by atoms with E-state index < -0.39 is 0 Å². The normalized spacial score (nSPS) is 24.1. The molecule has 0 aliphatic carbocycles. The minimum atomic E-state index is 0.283. The first kappa shape index (κ1) is 16.8. The van der Waals surface area contributed by atoms with Crippen LogP contribution >= 0.6 is 15.9 Å². The third kappa shape index (κ3) is 4.44. The van der Waals surface area contributed by atoms with Crippen LogP contribution in [0.25, 0.3) is 0 Å². The Morgan fingerprint density at radius 3 is 2.57 bits per heavy atom. The molecule has 1 aliphatic rings. The van der Waals surface area contributed by atoms with E-state index in [1.165, 1.54) is 15.7 Å². The molecule has 1 heterocycles. The van der Waals surface area contributed by atoms with E-state index in [1.807, 2.05) is 0 Å². The van der Waals surface area contributed by atoms with Gasteiger partial charge in [0.1, 0.15) is 0 Å². The SMILES string of the molecule is CCCNC(C)c1ccc(N2CC(C)OC(C)C2)c(Br)c1. The second kappa shape index (κ2) is 7.61. The molecule has 1 saturated heterocycles. The lowest BCUT2D eigenvalue weighted by atomic mass is 10.1. The molecule has 4 heteroatoms. The van der Waals surface area contributed by atoms with Gasteiger partial charge in [-0.25, -0.2) is 0 Å². The molecule has 0 amide bonds. The van der Waals surface area contributed by atoms with Crippen LogP contribution in [0.5, 0.6) is 0 Å². The summed E-state index contributed by atoms with van der Waals surface area (Å²) < 4.78 is 6.99. The summed E-state index contributed by atoms with van der Waals surface area (Å²) in [6.07, 6.45) is 1.73. The molecule has 21 heavy (non-hydrogen) atoms. The van der Waals surface area contributed by atoms with Gasteiger partial charge in [-0.1, -0.05) is 13.0 Å². The first-order valence-corrected chi connectivity index (χ1v) is 8.73. The van der Waals surface area contributed by atoms with Crippen LogP contribution in [0.15, 0.2) is 22.7 Å². The molecule has 0 spiro atoms. The minimum Gasteiger partial charge on any atom is -0.372 e. The number of nitrogens with zero attached hydrogens (tertiary/aromatic N) is 1. The summed E-state index contributed by atoms with van der Waals surface area (Å²) in [7, 11) is 0. The zero-order chi connectivity index (χ0) is 15.4. The Balaban J connectivity index is 2.11. The molecule has 1 N–H and O–H groups in total. The van der Waals surface area contributed by atoms with Crippen molar-refractivity contribution in [1.29, 1.82) is 0 Å². The van der Waals surface area contributed by atoms with Gasteiger partial charge in [-0.3, -0.25) is 0 Å². The number of hydrogen-bond donors (Lipinski definition) is 1. The molecule has 0 saturated carbocycles. The highest BCUT2D eigenvalue weighted by Gasteiger charge is 2.23. The van der Waals surface area contributed by atoms with E-state index in [2.05, 4.69) is 72.0 Å². The number of benzene rings is 1. The standard InChI is InChI=1S/C17H27BrN2O/c1-5-8-19-14(4)15-6-7-17(16(18)9-15)20-10-12(2)21-13(3)11-20/h6-7,9,12-14,19H,5,8,10-11H2,1-4H3. The maximum atomic E-state index is 5.82. The van der Waals surface area contributed by atoms with Crippen molar-refractivity contribution in [2.45, 2.75) is 52.4 Å². The largest absolute Gasteiger partial charge is 0.372 e. The van der Waals surface area contributed by atoms with Gasteiger partial charge in [0, 0.05) is 23.6 Å². The maximum absolute atomic E-state index is 5.82. The van der Waals surface area contributed by atoms with Crippen LogP contribution in [0.4, 0.5) is 5.69 Å². The Hall–Kier alpha value is -0.580. The van der Waals surface area contributed by atoms with E-state index in [4.69, 9.17) is 4.74 Å². The van der Waals surface area contributed by atoms with Crippen LogP contribution in [-0.2, 0) is 4.74 Å². The van der Waals surface area contributed by atoms with Crippen LogP contribution in [0.3, 0.4) is 0 Å². The summed E-state index contributed by atoms with van der Waals surface area (Å²) in [5.41, 5.74) is 2.59. The van der Waals surface area contributed by atoms with E-state index in [0.717, 1.165) is 26.1 Å². The van der Waals surface area contributed by atoms with E-state index in [0.29, 0.717) is 6.04 Å². The quantitative estimate of drug-likeness (QED) is 0.860. The lowest BCUT2D eigenvalue weighted by Crippen LogP contribution is -2.45. The number of morpholine rings is 1. The number of rotatable bonds is 5. The molecular formula is C17H27BrN2O. The summed E-state index contributed by atoms with van der Waals surface area (Å²) in [4.78, 5) is 2.41. The Morgan fingerprint density at radius 2 is 2.00 bits per heavy atom. The van der Waals surface area contributed by atoms with Gasteiger partial charge in [0.05, 0.1) is 17.9 Å². The third-order valence-electron chi connectivity index (χ3n) is 3.93. The van der Waals surface area contributed by atoms with Crippen LogP contribution < -0.4 is 10.2 Å². The highest BCUT2D eigenvalue weighted by molar-refractivity contribution is 9.10. The van der Waals surface area contributed by atoms with Crippen LogP contribution in [0.1, 0.15) is 45.7 Å². The average molecular weight is 355 g/mol. The minimum absolute atomic E-state index is 0.283. The summed E-state index contributed by atoms with van der Waals surface area (Å²) >= 11 is 3.75. The highest BCUT2D eigenvalue weighted by atomic mass is 79.9. The summed E-state index contributed by atoms with van der Waals surface area (Å²) in [6.45, 7) is 11.6. The molecule has 0 bridgehead atoms. The van der Waals surface area contributed by atoms with Crippen molar-refractivity contribution in [1.82, 2.24) is 5.32 Å². The van der Waals surface area contributed by atoms with E-state index >= 15 is 0 Å². The van der Waals surface area contributed by atoms with Crippen molar-refractivity contribution in [3.8, 4) is 0 Å². The fourth-order valence-corrected chi connectivity index (χ4v) is 3.55. The van der Waals surface area contributed by atoms with Gasteiger partial charge in [0.2, 0.25) is 0 Å². The van der Waals surface area contributed by atoms with Crippen molar-refractivity contribution < 1.29 is 4.74 Å². The molecule has 3 nitrogen and oxygen atoms in total. The Labute approximate surface area is 137 Å². The van der Waals surface area contributed by atoms with Gasteiger partial charge in [0.15, 0.2) is 0 Å². The molecule has 0 aromatic heterocycles. The average Bonchev–Trinajstić information content (AvgIpc) is 2.43. The lowest BCUT2D eigenvalue weighted by molar-refractivity contribution is -0.00525. The molecule has 118 valence electrons. The summed E-state index contributed by atoms with van der Waals surface area (Å²) in [5.74, 6) is 0. The van der Waals surface area contributed by atoms with Crippen molar-refractivity contribution >= 4 is 21.6 Å². The van der Waals surface area contributed by atoms with Crippen LogP contribution in [0.2, 0.25) is 0 Å². The van der Waals surface area contributed by atoms with Crippen molar-refractivity contribution in [2.24, 2.45) is 0 Å². The number of anilines is 1. The molecule has 2 rings (SSSR count). The summed E-state index contributed by atoms with van der Waals surface area (Å²) in [5, 5.41) is 3.53. The highest BCUT2D eigenvalue weighted by Crippen LogP contribution is 2.31. The van der Waals surface area contributed by atoms with Gasteiger partial charge in [-0.15, -0.1) is 0 Å². The zero-order valence-corrected chi connectivity index (χ0v) is 15.1. The molecule has 0 radical (unpaired) electrons.